The molecular weight excluding hydrogens is 404 g/mol. The molecule has 0 bridgehead atoms. The van der Waals surface area contributed by atoms with Gasteiger partial charge in [-0.1, -0.05) is 6.92 Å². The Labute approximate surface area is 178 Å². The summed E-state index contributed by atoms with van der Waals surface area (Å²) in [7, 11) is 0. The summed E-state index contributed by atoms with van der Waals surface area (Å²) >= 11 is 0. The first-order valence-corrected chi connectivity index (χ1v) is 10.2. The summed E-state index contributed by atoms with van der Waals surface area (Å²) in [6.07, 6.45) is 3.03. The van der Waals surface area contributed by atoms with Crippen LogP contribution in [0.15, 0.2) is 17.3 Å². The zero-order valence-corrected chi connectivity index (χ0v) is 17.8. The Bertz CT molecular complexity index is 1070. The number of nitrogens with one attached hydrogen (secondary N) is 2. The van der Waals surface area contributed by atoms with Gasteiger partial charge in [0.2, 0.25) is 11.8 Å². The van der Waals surface area contributed by atoms with E-state index in [0.717, 1.165) is 12.0 Å². The van der Waals surface area contributed by atoms with E-state index in [1.54, 1.807) is 9.80 Å². The maximum Gasteiger partial charge on any atom is 0.258 e. The van der Waals surface area contributed by atoms with Crippen molar-refractivity contribution in [3.05, 3.63) is 39.7 Å². The Morgan fingerprint density at radius 3 is 2.61 bits per heavy atom. The number of aryl methyl sites for hydroxylation is 1. The van der Waals surface area contributed by atoms with Gasteiger partial charge in [-0.05, 0) is 20.3 Å². The average molecular weight is 430 g/mol. The Morgan fingerprint density at radius 1 is 1.23 bits per heavy atom. The molecule has 3 N–H and O–H groups in total. The topological polar surface area (TPSA) is 145 Å². The number of aromatic nitrogens is 4. The lowest BCUT2D eigenvalue weighted by atomic mass is 9.87. The molecule has 2 fully saturated rings. The fourth-order valence-electron chi connectivity index (χ4n) is 4.43. The lowest BCUT2D eigenvalue weighted by Crippen LogP contribution is -2.74. The Morgan fingerprint density at radius 2 is 1.94 bits per heavy atom. The number of morpholine rings is 1. The molecule has 1 spiro atoms. The SMILES string of the molecule is CCc1[nH]ncc1C(=O)N1CC2(CN(C(=O)Cc3c(O)nc[nH]c3=O)CC(C)(C)O2)C1. The van der Waals surface area contributed by atoms with Gasteiger partial charge < -0.3 is 24.6 Å². The summed E-state index contributed by atoms with van der Waals surface area (Å²) in [5, 5.41) is 16.7. The molecule has 0 aliphatic carbocycles. The van der Waals surface area contributed by atoms with E-state index in [1.165, 1.54) is 6.20 Å². The first kappa shape index (κ1) is 21.0. The van der Waals surface area contributed by atoms with Crippen molar-refractivity contribution in [2.45, 2.75) is 44.8 Å². The highest BCUT2D eigenvalue weighted by Crippen LogP contribution is 2.36. The summed E-state index contributed by atoms with van der Waals surface area (Å²) in [5.74, 6) is -0.878. The third kappa shape index (κ3) is 3.92. The fourth-order valence-corrected chi connectivity index (χ4v) is 4.43. The molecule has 2 aliphatic rings. The zero-order valence-electron chi connectivity index (χ0n) is 17.8. The van der Waals surface area contributed by atoms with Gasteiger partial charge in [0, 0.05) is 12.2 Å². The molecule has 166 valence electrons. The minimum atomic E-state index is -0.674. The number of hydrogen-bond donors (Lipinski definition) is 3. The Hall–Kier alpha value is -3.21. The summed E-state index contributed by atoms with van der Waals surface area (Å²) < 4.78 is 6.29. The smallest absolute Gasteiger partial charge is 0.258 e. The minimum absolute atomic E-state index is 0.0664. The maximum absolute atomic E-state index is 13.0. The van der Waals surface area contributed by atoms with Gasteiger partial charge in [-0.15, -0.1) is 0 Å². The van der Waals surface area contributed by atoms with E-state index in [9.17, 15) is 19.5 Å². The molecule has 11 nitrogen and oxygen atoms in total. The van der Waals surface area contributed by atoms with Crippen LogP contribution in [0, 0.1) is 0 Å². The molecule has 0 aromatic carbocycles. The van der Waals surface area contributed by atoms with Crippen LogP contribution in [-0.2, 0) is 22.4 Å². The van der Waals surface area contributed by atoms with Gasteiger partial charge in [0.05, 0.1) is 55.3 Å². The first-order chi connectivity index (χ1) is 14.6. The maximum atomic E-state index is 13.0. The lowest BCUT2D eigenvalue weighted by Gasteiger charge is -2.58. The first-order valence-electron chi connectivity index (χ1n) is 10.2. The van der Waals surface area contributed by atoms with Gasteiger partial charge in [-0.3, -0.25) is 19.5 Å². The summed E-state index contributed by atoms with van der Waals surface area (Å²) in [6, 6.07) is 0. The Balaban J connectivity index is 1.48. The number of aromatic hydroxyl groups is 1. The van der Waals surface area contributed by atoms with E-state index < -0.39 is 22.6 Å². The molecule has 2 aromatic rings. The highest BCUT2D eigenvalue weighted by atomic mass is 16.5. The van der Waals surface area contributed by atoms with E-state index in [0.29, 0.717) is 38.2 Å². The fraction of sp³-hybridized carbons (Fsp3) is 0.550. The third-order valence-corrected chi connectivity index (χ3v) is 5.70. The van der Waals surface area contributed by atoms with Gasteiger partial charge in [-0.2, -0.15) is 5.10 Å². The molecule has 0 atom stereocenters. The molecule has 11 heteroatoms. The molecule has 2 amide bonds. The molecule has 0 radical (unpaired) electrons. The second-order valence-electron chi connectivity index (χ2n) is 8.78. The minimum Gasteiger partial charge on any atom is -0.493 e. The van der Waals surface area contributed by atoms with Crippen LogP contribution in [0.5, 0.6) is 5.88 Å². The van der Waals surface area contributed by atoms with Crippen LogP contribution in [0.1, 0.15) is 42.4 Å². The highest BCUT2D eigenvalue weighted by molar-refractivity contribution is 5.95. The van der Waals surface area contributed by atoms with E-state index in [2.05, 4.69) is 20.2 Å². The summed E-state index contributed by atoms with van der Waals surface area (Å²) in [6.45, 7) is 7.06. The molecular formula is C20H26N6O5. The second-order valence-corrected chi connectivity index (χ2v) is 8.78. The van der Waals surface area contributed by atoms with Crippen LogP contribution in [0.25, 0.3) is 0 Å². The number of carbonyl (C=O) groups excluding carboxylic acids is 2. The van der Waals surface area contributed by atoms with E-state index in [4.69, 9.17) is 4.74 Å². The van der Waals surface area contributed by atoms with Crippen LogP contribution in [0.4, 0.5) is 0 Å². The van der Waals surface area contributed by atoms with Crippen molar-refractivity contribution in [2.24, 2.45) is 0 Å². The van der Waals surface area contributed by atoms with E-state index >= 15 is 0 Å². The number of nitrogens with zero attached hydrogens (tertiary/aromatic N) is 4. The van der Waals surface area contributed by atoms with Crippen molar-refractivity contribution >= 4 is 11.8 Å². The van der Waals surface area contributed by atoms with Crippen LogP contribution < -0.4 is 5.56 Å². The zero-order chi connectivity index (χ0) is 22.4. The predicted molar refractivity (Wildman–Crippen MR) is 109 cm³/mol. The van der Waals surface area contributed by atoms with Crippen molar-refractivity contribution in [1.82, 2.24) is 30.0 Å². The quantitative estimate of drug-likeness (QED) is 0.611. The second kappa shape index (κ2) is 7.49. The van der Waals surface area contributed by atoms with Gasteiger partial charge in [0.15, 0.2) is 0 Å². The van der Waals surface area contributed by atoms with Gasteiger partial charge in [0.25, 0.3) is 11.5 Å². The van der Waals surface area contributed by atoms with Crippen molar-refractivity contribution in [1.29, 1.82) is 0 Å². The number of aromatic amines is 2. The summed E-state index contributed by atoms with van der Waals surface area (Å²) in [5.41, 5.74) is -0.581. The molecule has 0 unspecified atom stereocenters. The van der Waals surface area contributed by atoms with Crippen LogP contribution in [-0.4, -0.2) is 84.3 Å². The third-order valence-electron chi connectivity index (χ3n) is 5.70. The van der Waals surface area contributed by atoms with Gasteiger partial charge in [-0.25, -0.2) is 4.98 Å². The van der Waals surface area contributed by atoms with Crippen LogP contribution >= 0.6 is 0 Å². The number of carbonyl (C=O) groups is 2. The number of amides is 2. The summed E-state index contributed by atoms with van der Waals surface area (Å²) in [4.78, 5) is 47.1. The predicted octanol–water partition coefficient (Wildman–Crippen LogP) is -0.164. The number of rotatable bonds is 4. The molecule has 0 saturated carbocycles. The molecule has 4 rings (SSSR count). The number of ether oxygens (including phenoxy) is 1. The highest BCUT2D eigenvalue weighted by Gasteiger charge is 2.54. The normalized spacial score (nSPS) is 19.3. The Kier molecular flexibility index (Phi) is 5.08. The van der Waals surface area contributed by atoms with Crippen LogP contribution in [0.2, 0.25) is 0 Å². The van der Waals surface area contributed by atoms with Gasteiger partial charge in [0.1, 0.15) is 5.60 Å². The van der Waals surface area contributed by atoms with Gasteiger partial charge >= 0.3 is 0 Å². The van der Waals surface area contributed by atoms with E-state index in [-0.39, 0.29) is 23.8 Å². The van der Waals surface area contributed by atoms with Crippen LogP contribution in [0.3, 0.4) is 0 Å². The molecule has 2 saturated heterocycles. The largest absolute Gasteiger partial charge is 0.493 e. The molecule has 2 aliphatic heterocycles. The van der Waals surface area contributed by atoms with Crippen molar-refractivity contribution in [3.8, 4) is 5.88 Å². The lowest BCUT2D eigenvalue weighted by molar-refractivity contribution is -0.237. The number of H-pyrrole nitrogens is 2. The van der Waals surface area contributed by atoms with Crippen molar-refractivity contribution in [2.75, 3.05) is 26.2 Å². The van der Waals surface area contributed by atoms with Crippen molar-refractivity contribution < 1.29 is 19.4 Å². The van der Waals surface area contributed by atoms with E-state index in [1.807, 2.05) is 20.8 Å². The number of hydrogen-bond acceptors (Lipinski definition) is 7. The molecule has 31 heavy (non-hydrogen) atoms. The monoisotopic (exact) mass is 430 g/mol. The molecule has 2 aromatic heterocycles. The van der Waals surface area contributed by atoms with Crippen molar-refractivity contribution in [3.63, 3.8) is 0 Å². The number of likely N-dealkylation sites (tertiary alicyclic amines) is 1. The average Bonchev–Trinajstić information content (AvgIpc) is 3.16. The molecule has 4 heterocycles. The standard InChI is InChI=1S/C20H26N6O5/c1-4-14-13(6-23-24-14)18(30)26-9-20(10-26)8-25(7-19(2,3)31-20)15(27)5-12-16(28)21-11-22-17(12)29/h6,11H,4-5,7-10H2,1-3H3,(H,23,24)(H2,21,22,28,29).